The predicted molar refractivity (Wildman–Crippen MR) is 109 cm³/mol. The van der Waals surface area contributed by atoms with Gasteiger partial charge in [-0.1, -0.05) is 42.4 Å². The zero-order valence-corrected chi connectivity index (χ0v) is 17.7. The zero-order chi connectivity index (χ0) is 20.8. The number of halogens is 1. The number of hydrogen-bond acceptors (Lipinski definition) is 6. The summed E-state index contributed by atoms with van der Waals surface area (Å²) in [7, 11) is 0. The molecule has 27 heavy (non-hydrogen) atoms. The maximum Gasteiger partial charge on any atom is 0.328 e. The summed E-state index contributed by atoms with van der Waals surface area (Å²) in [4.78, 5) is 47.2. The lowest BCUT2D eigenvalue weighted by molar-refractivity contribution is -0.142. The number of rotatable bonds is 14. The first-order valence-electron chi connectivity index (χ1n) is 8.88. The number of carboxylic acids is 1. The molecule has 0 rings (SSSR count). The predicted octanol–water partition coefficient (Wildman–Crippen LogP) is -1.15. The van der Waals surface area contributed by atoms with E-state index in [1.54, 1.807) is 0 Å². The number of alkyl halides is 1. The average Bonchev–Trinajstić information content (AvgIpc) is 2.63. The molecular weight excluding hydrogens is 469 g/mol. The average molecular weight is 499 g/mol. The number of amides is 3. The van der Waals surface area contributed by atoms with Crippen molar-refractivity contribution in [3.63, 3.8) is 0 Å². The Bertz CT molecular complexity index is 506. The fourth-order valence-electron chi connectivity index (χ4n) is 2.21. The Balaban J connectivity index is 4.80. The van der Waals surface area contributed by atoms with E-state index in [-0.39, 0.29) is 16.9 Å². The molecule has 0 saturated carbocycles. The molecule has 0 aromatic heterocycles. The van der Waals surface area contributed by atoms with Crippen molar-refractivity contribution in [3.05, 3.63) is 0 Å². The van der Waals surface area contributed by atoms with Gasteiger partial charge in [-0.2, -0.15) is 0 Å². The summed E-state index contributed by atoms with van der Waals surface area (Å²) in [5.74, 6) is -2.71. The molecule has 0 aliphatic heterocycles. The van der Waals surface area contributed by atoms with Crippen LogP contribution in [0, 0.1) is 0 Å². The number of nitrogens with two attached hydrogens (primary N) is 2. The van der Waals surface area contributed by atoms with Crippen molar-refractivity contribution in [1.82, 2.24) is 16.0 Å². The Morgan fingerprint density at radius 3 is 2.19 bits per heavy atom. The van der Waals surface area contributed by atoms with E-state index in [0.29, 0.717) is 32.2 Å². The van der Waals surface area contributed by atoms with Crippen LogP contribution in [0.2, 0.25) is 0 Å². The summed E-state index contributed by atoms with van der Waals surface area (Å²) >= 11 is 1.84. The molecule has 0 heterocycles. The van der Waals surface area contributed by atoms with Gasteiger partial charge < -0.3 is 32.5 Å². The van der Waals surface area contributed by atoms with Crippen LogP contribution in [0.3, 0.4) is 0 Å². The SMILES string of the molecule is CCC[C@H](NC(=O)[C@@H](N)CCCCN)C(=O)N[C@@H](CNC(=O)CI)C(=O)O. The molecule has 0 aliphatic carbocycles. The van der Waals surface area contributed by atoms with Crippen LogP contribution in [-0.4, -0.2) is 64.4 Å². The van der Waals surface area contributed by atoms with Crippen molar-refractivity contribution in [1.29, 1.82) is 0 Å². The van der Waals surface area contributed by atoms with E-state index in [9.17, 15) is 24.3 Å². The minimum absolute atomic E-state index is 0.175. The number of nitrogens with one attached hydrogen (secondary N) is 3. The van der Waals surface area contributed by atoms with Crippen LogP contribution >= 0.6 is 22.6 Å². The molecule has 0 aliphatic rings. The molecule has 8 N–H and O–H groups in total. The number of unbranched alkanes of at least 4 members (excludes halogenated alkanes) is 1. The number of carbonyl (C=O) groups excluding carboxylic acids is 3. The minimum atomic E-state index is -1.29. The monoisotopic (exact) mass is 499 g/mol. The Kier molecular flexibility index (Phi) is 13.8. The molecule has 0 saturated heterocycles. The van der Waals surface area contributed by atoms with Crippen molar-refractivity contribution < 1.29 is 24.3 Å². The molecule has 0 spiro atoms. The van der Waals surface area contributed by atoms with E-state index >= 15 is 0 Å². The minimum Gasteiger partial charge on any atom is -0.480 e. The maximum absolute atomic E-state index is 12.4. The zero-order valence-electron chi connectivity index (χ0n) is 15.5. The van der Waals surface area contributed by atoms with Crippen molar-refractivity contribution in [2.24, 2.45) is 11.5 Å². The first-order valence-corrected chi connectivity index (χ1v) is 10.4. The third-order valence-corrected chi connectivity index (χ3v) is 4.45. The van der Waals surface area contributed by atoms with Gasteiger partial charge in [0.1, 0.15) is 12.1 Å². The highest BCUT2D eigenvalue weighted by Gasteiger charge is 2.27. The quantitative estimate of drug-likeness (QED) is 0.0993. The van der Waals surface area contributed by atoms with Gasteiger partial charge in [0.2, 0.25) is 17.7 Å². The first-order chi connectivity index (χ1) is 12.8. The normalized spacial score (nSPS) is 13.9. The van der Waals surface area contributed by atoms with Gasteiger partial charge in [-0.05, 0) is 25.8 Å². The molecule has 0 fully saturated rings. The molecule has 0 unspecified atom stereocenters. The van der Waals surface area contributed by atoms with Crippen molar-refractivity contribution >= 4 is 46.3 Å². The van der Waals surface area contributed by atoms with Crippen LogP contribution in [0.15, 0.2) is 0 Å². The summed E-state index contributed by atoms with van der Waals surface area (Å²) in [6, 6.07) is -2.95. The van der Waals surface area contributed by atoms with E-state index in [1.165, 1.54) is 0 Å². The molecule has 156 valence electrons. The fraction of sp³-hybridized carbons (Fsp3) is 0.750. The highest BCUT2D eigenvalue weighted by molar-refractivity contribution is 14.1. The Labute approximate surface area is 172 Å². The van der Waals surface area contributed by atoms with Crippen molar-refractivity contribution in [3.8, 4) is 0 Å². The number of aliphatic carboxylic acids is 1. The van der Waals surface area contributed by atoms with Crippen LogP contribution < -0.4 is 27.4 Å². The maximum atomic E-state index is 12.4. The van der Waals surface area contributed by atoms with Gasteiger partial charge in [-0.15, -0.1) is 0 Å². The van der Waals surface area contributed by atoms with Crippen LogP contribution in [-0.2, 0) is 19.2 Å². The summed E-state index contributed by atoms with van der Waals surface area (Å²) < 4.78 is 0.175. The fourth-order valence-corrected chi connectivity index (χ4v) is 2.48. The topological polar surface area (TPSA) is 177 Å². The van der Waals surface area contributed by atoms with E-state index in [2.05, 4.69) is 16.0 Å². The standard InChI is InChI=1S/C16H30IN5O5/c1-2-5-11(21-14(24)10(19)6-3-4-7-18)15(25)22-12(16(26)27)9-20-13(23)8-17/h10-12H,2-9,18-19H2,1H3,(H,20,23)(H,21,24)(H,22,25)(H,26,27)/t10-,11-,12-/m0/s1. The highest BCUT2D eigenvalue weighted by Crippen LogP contribution is 2.02. The second kappa shape index (κ2) is 14.6. The highest BCUT2D eigenvalue weighted by atomic mass is 127. The van der Waals surface area contributed by atoms with Gasteiger partial charge in [0, 0.05) is 6.54 Å². The van der Waals surface area contributed by atoms with E-state index in [4.69, 9.17) is 11.5 Å². The van der Waals surface area contributed by atoms with E-state index in [0.717, 1.165) is 6.42 Å². The Morgan fingerprint density at radius 1 is 1.04 bits per heavy atom. The molecule has 11 heteroatoms. The summed E-state index contributed by atoms with van der Waals surface area (Å²) in [6.45, 7) is 2.11. The molecule has 0 bridgehead atoms. The molecule has 0 radical (unpaired) electrons. The summed E-state index contributed by atoms with van der Waals surface area (Å²) in [6.07, 6.45) is 2.84. The lowest BCUT2D eigenvalue weighted by Crippen LogP contribution is -2.56. The van der Waals surface area contributed by atoms with Crippen LogP contribution in [0.5, 0.6) is 0 Å². The van der Waals surface area contributed by atoms with Crippen molar-refractivity contribution in [2.45, 2.75) is 57.2 Å². The van der Waals surface area contributed by atoms with Gasteiger partial charge in [-0.3, -0.25) is 14.4 Å². The van der Waals surface area contributed by atoms with Gasteiger partial charge >= 0.3 is 5.97 Å². The summed E-state index contributed by atoms with van der Waals surface area (Å²) in [5.41, 5.74) is 11.2. The smallest absolute Gasteiger partial charge is 0.328 e. The van der Waals surface area contributed by atoms with Gasteiger partial charge in [0.25, 0.3) is 0 Å². The molecule has 0 aromatic carbocycles. The molecule has 0 aromatic rings. The largest absolute Gasteiger partial charge is 0.480 e. The van der Waals surface area contributed by atoms with Gasteiger partial charge in [0.15, 0.2) is 0 Å². The van der Waals surface area contributed by atoms with Crippen LogP contribution in [0.1, 0.15) is 39.0 Å². The molecule has 3 atom stereocenters. The van der Waals surface area contributed by atoms with Gasteiger partial charge in [0.05, 0.1) is 10.5 Å². The lowest BCUT2D eigenvalue weighted by atomic mass is 10.1. The lowest BCUT2D eigenvalue weighted by Gasteiger charge is -2.22. The second-order valence-corrected chi connectivity index (χ2v) is 6.84. The molecular formula is C16H30IN5O5. The van der Waals surface area contributed by atoms with Crippen LogP contribution in [0.4, 0.5) is 0 Å². The summed E-state index contributed by atoms with van der Waals surface area (Å²) in [5, 5.41) is 16.6. The Morgan fingerprint density at radius 2 is 1.67 bits per heavy atom. The third kappa shape index (κ3) is 11.1. The number of hydrogen-bond donors (Lipinski definition) is 6. The molecule has 10 nitrogen and oxygen atoms in total. The van der Waals surface area contributed by atoms with Gasteiger partial charge in [-0.25, -0.2) is 4.79 Å². The van der Waals surface area contributed by atoms with E-state index in [1.807, 2.05) is 29.5 Å². The van der Waals surface area contributed by atoms with E-state index < -0.39 is 35.9 Å². The molecule has 3 amide bonds. The van der Waals surface area contributed by atoms with Crippen LogP contribution in [0.25, 0.3) is 0 Å². The third-order valence-electron chi connectivity index (χ3n) is 3.76. The Hall–Kier alpha value is -1.47. The van der Waals surface area contributed by atoms with Crippen molar-refractivity contribution in [2.75, 3.05) is 17.5 Å². The first kappa shape index (κ1) is 25.5. The second-order valence-electron chi connectivity index (χ2n) is 6.08. The number of carboxylic acid groups (broad SMARTS) is 1. The number of carbonyl (C=O) groups is 4.